The number of alkyl halides is 1. The van der Waals surface area contributed by atoms with Gasteiger partial charge in [-0.1, -0.05) is 0 Å². The Morgan fingerprint density at radius 2 is 2.38 bits per heavy atom. The van der Waals surface area contributed by atoms with E-state index < -0.39 is 6.17 Å². The van der Waals surface area contributed by atoms with Crippen LogP contribution in [0.3, 0.4) is 0 Å². The molecule has 3 heteroatoms. The Labute approximate surface area is 48.5 Å². The average Bonchev–Trinajstić information content (AvgIpc) is 2.14. The van der Waals surface area contributed by atoms with E-state index in [2.05, 4.69) is 10.6 Å². The summed E-state index contributed by atoms with van der Waals surface area (Å²) in [5.74, 6) is 0. The van der Waals surface area contributed by atoms with E-state index in [1.165, 1.54) is 0 Å². The molecule has 0 saturated carbocycles. The fourth-order valence-electron chi connectivity index (χ4n) is 0.930. The van der Waals surface area contributed by atoms with Crippen LogP contribution < -0.4 is 10.6 Å². The quantitative estimate of drug-likeness (QED) is 0.485. The third-order valence-corrected chi connectivity index (χ3v) is 1.51. The molecule has 1 saturated heterocycles. The predicted molar refractivity (Wildman–Crippen MR) is 30.6 cm³/mol. The molecule has 1 rings (SSSR count). The van der Waals surface area contributed by atoms with Gasteiger partial charge in [-0.2, -0.15) is 0 Å². The molecule has 0 aliphatic carbocycles. The second kappa shape index (κ2) is 2.42. The van der Waals surface area contributed by atoms with Crippen molar-refractivity contribution in [2.45, 2.75) is 12.2 Å². The van der Waals surface area contributed by atoms with Crippen LogP contribution in [0.2, 0.25) is 0 Å². The Hall–Kier alpha value is -0.150. The molecule has 2 N–H and O–H groups in total. The molecule has 2 unspecified atom stereocenters. The maximum Gasteiger partial charge on any atom is 0.129 e. The second-order valence-corrected chi connectivity index (χ2v) is 2.07. The molecule has 1 aliphatic rings. The summed E-state index contributed by atoms with van der Waals surface area (Å²) in [7, 11) is 1.78. The largest absolute Gasteiger partial charge is 0.313 e. The van der Waals surface area contributed by atoms with Gasteiger partial charge < -0.3 is 10.6 Å². The summed E-state index contributed by atoms with van der Waals surface area (Å²) < 4.78 is 12.5. The Balaban J connectivity index is 2.30. The molecule has 8 heavy (non-hydrogen) atoms. The molecular formula is C5H11FN2. The summed E-state index contributed by atoms with van der Waals surface area (Å²) in [6.07, 6.45) is -0.694. The molecular weight excluding hydrogens is 107 g/mol. The van der Waals surface area contributed by atoms with Gasteiger partial charge in [-0.25, -0.2) is 4.39 Å². The van der Waals surface area contributed by atoms with Gasteiger partial charge in [0, 0.05) is 13.1 Å². The van der Waals surface area contributed by atoms with E-state index in [0.29, 0.717) is 6.54 Å². The van der Waals surface area contributed by atoms with Gasteiger partial charge in [-0.3, -0.25) is 0 Å². The summed E-state index contributed by atoms with van der Waals surface area (Å²) in [5.41, 5.74) is 0. The van der Waals surface area contributed by atoms with Crippen LogP contribution in [-0.2, 0) is 0 Å². The van der Waals surface area contributed by atoms with Crippen molar-refractivity contribution in [3.8, 4) is 0 Å². The molecule has 0 radical (unpaired) electrons. The number of likely N-dealkylation sites (N-methyl/N-ethyl adjacent to an activating group) is 1. The molecule has 0 spiro atoms. The zero-order valence-electron chi connectivity index (χ0n) is 4.95. The third-order valence-electron chi connectivity index (χ3n) is 1.51. The van der Waals surface area contributed by atoms with Crippen molar-refractivity contribution in [1.29, 1.82) is 0 Å². The molecule has 2 nitrogen and oxygen atoms in total. The van der Waals surface area contributed by atoms with Gasteiger partial charge in [0.05, 0.1) is 6.04 Å². The minimum absolute atomic E-state index is 0.0370. The minimum atomic E-state index is -0.694. The molecule has 1 fully saturated rings. The van der Waals surface area contributed by atoms with Crippen LogP contribution >= 0.6 is 0 Å². The highest BCUT2D eigenvalue weighted by atomic mass is 19.1. The van der Waals surface area contributed by atoms with E-state index in [9.17, 15) is 4.39 Å². The Morgan fingerprint density at radius 3 is 2.62 bits per heavy atom. The third kappa shape index (κ3) is 0.980. The van der Waals surface area contributed by atoms with Crippen LogP contribution in [0, 0.1) is 0 Å². The first-order valence-electron chi connectivity index (χ1n) is 2.86. The number of nitrogens with one attached hydrogen (secondary N) is 2. The van der Waals surface area contributed by atoms with E-state index in [-0.39, 0.29) is 6.04 Å². The monoisotopic (exact) mass is 118 g/mol. The topological polar surface area (TPSA) is 24.1 Å². The van der Waals surface area contributed by atoms with Crippen molar-refractivity contribution >= 4 is 0 Å². The number of halogens is 1. The molecule has 1 heterocycles. The molecule has 0 aromatic carbocycles. The first kappa shape index (κ1) is 5.98. The van der Waals surface area contributed by atoms with Crippen LogP contribution in [0.4, 0.5) is 4.39 Å². The fraction of sp³-hybridized carbons (Fsp3) is 1.00. The zero-order valence-corrected chi connectivity index (χ0v) is 4.95. The maximum absolute atomic E-state index is 12.5. The summed E-state index contributed by atoms with van der Waals surface area (Å²) in [4.78, 5) is 0. The van der Waals surface area contributed by atoms with Crippen LogP contribution in [0.25, 0.3) is 0 Å². The van der Waals surface area contributed by atoms with Crippen molar-refractivity contribution in [3.05, 3.63) is 0 Å². The van der Waals surface area contributed by atoms with Gasteiger partial charge in [0.2, 0.25) is 0 Å². The first-order valence-corrected chi connectivity index (χ1v) is 2.86. The van der Waals surface area contributed by atoms with Gasteiger partial charge in [0.25, 0.3) is 0 Å². The van der Waals surface area contributed by atoms with Gasteiger partial charge >= 0.3 is 0 Å². The minimum Gasteiger partial charge on any atom is -0.313 e. The molecule has 0 bridgehead atoms. The zero-order chi connectivity index (χ0) is 5.98. The number of rotatable bonds is 1. The van der Waals surface area contributed by atoms with E-state index in [1.807, 2.05) is 0 Å². The maximum atomic E-state index is 12.5. The highest BCUT2D eigenvalue weighted by Gasteiger charge is 2.24. The second-order valence-electron chi connectivity index (χ2n) is 2.07. The number of hydrogen-bond acceptors (Lipinski definition) is 2. The SMILES string of the molecule is CNC1CNCC1F. The van der Waals surface area contributed by atoms with Gasteiger partial charge in [0.1, 0.15) is 6.17 Å². The highest BCUT2D eigenvalue weighted by Crippen LogP contribution is 2.01. The number of hydrogen-bond donors (Lipinski definition) is 2. The smallest absolute Gasteiger partial charge is 0.129 e. The van der Waals surface area contributed by atoms with Gasteiger partial charge in [-0.05, 0) is 7.05 Å². The van der Waals surface area contributed by atoms with Crippen molar-refractivity contribution in [2.24, 2.45) is 0 Å². The van der Waals surface area contributed by atoms with Crippen molar-refractivity contribution in [3.63, 3.8) is 0 Å². The van der Waals surface area contributed by atoms with Crippen molar-refractivity contribution in [2.75, 3.05) is 20.1 Å². The summed E-state index contributed by atoms with van der Waals surface area (Å²) >= 11 is 0. The predicted octanol–water partition coefficient (Wildman–Crippen LogP) is -0.484. The lowest BCUT2D eigenvalue weighted by Crippen LogP contribution is -2.33. The van der Waals surface area contributed by atoms with Crippen LogP contribution in [0.15, 0.2) is 0 Å². The van der Waals surface area contributed by atoms with E-state index in [1.54, 1.807) is 7.05 Å². The molecule has 1 aliphatic heterocycles. The lowest BCUT2D eigenvalue weighted by molar-refractivity contribution is 0.309. The van der Waals surface area contributed by atoms with E-state index >= 15 is 0 Å². The van der Waals surface area contributed by atoms with Crippen LogP contribution in [0.5, 0.6) is 0 Å². The molecule has 0 amide bonds. The first-order chi connectivity index (χ1) is 3.84. The lowest BCUT2D eigenvalue weighted by Gasteiger charge is -2.07. The van der Waals surface area contributed by atoms with E-state index in [4.69, 9.17) is 0 Å². The summed E-state index contributed by atoms with van der Waals surface area (Å²) in [5, 5.41) is 5.81. The van der Waals surface area contributed by atoms with Gasteiger partial charge in [0.15, 0.2) is 0 Å². The summed E-state index contributed by atoms with van der Waals surface area (Å²) in [6, 6.07) is 0.0370. The van der Waals surface area contributed by atoms with Crippen LogP contribution in [0.1, 0.15) is 0 Å². The molecule has 0 aromatic rings. The van der Waals surface area contributed by atoms with E-state index in [0.717, 1.165) is 6.54 Å². The Morgan fingerprint density at radius 1 is 1.62 bits per heavy atom. The fourth-order valence-corrected chi connectivity index (χ4v) is 0.930. The Kier molecular flexibility index (Phi) is 1.81. The van der Waals surface area contributed by atoms with Crippen LogP contribution in [-0.4, -0.2) is 32.4 Å². The molecule has 0 aromatic heterocycles. The van der Waals surface area contributed by atoms with Crippen molar-refractivity contribution < 1.29 is 4.39 Å². The summed E-state index contributed by atoms with van der Waals surface area (Å²) in [6.45, 7) is 1.27. The highest BCUT2D eigenvalue weighted by molar-refractivity contribution is 4.85. The average molecular weight is 118 g/mol. The molecule has 2 atom stereocenters. The normalized spacial score (nSPS) is 38.2. The molecule has 48 valence electrons. The lowest BCUT2D eigenvalue weighted by atomic mass is 10.2. The Bertz CT molecular complexity index is 76.8. The standard InChI is InChI=1S/C5H11FN2/c1-7-5-3-8-2-4(5)6/h4-5,7-8H,2-3H2,1H3. The van der Waals surface area contributed by atoms with Gasteiger partial charge in [-0.15, -0.1) is 0 Å². The van der Waals surface area contributed by atoms with Crippen molar-refractivity contribution in [1.82, 2.24) is 10.6 Å².